The van der Waals surface area contributed by atoms with E-state index in [0.717, 1.165) is 14.2 Å². The molecule has 3 rings (SSSR count). The van der Waals surface area contributed by atoms with Gasteiger partial charge in [-0.25, -0.2) is 18.7 Å². The first-order valence-corrected chi connectivity index (χ1v) is 14.1. The Bertz CT molecular complexity index is 1340. The summed E-state index contributed by atoms with van der Waals surface area (Å²) in [6, 6.07) is 0. The Hall–Kier alpha value is -1.96. The van der Waals surface area contributed by atoms with E-state index >= 15 is 0 Å². The molecule has 0 aromatic carbocycles. The van der Waals surface area contributed by atoms with Crippen molar-refractivity contribution < 1.29 is 55.1 Å². The number of hydrogen-bond donors (Lipinski definition) is 4. The average Bonchev–Trinajstić information content (AvgIpc) is 3.39. The second-order valence-electron chi connectivity index (χ2n) is 6.90. The highest BCUT2D eigenvalue weighted by molar-refractivity contribution is 7.67. The number of nitrogens with one attached hydrogen (secondary N) is 1. The number of aromatic nitrogens is 4. The van der Waals surface area contributed by atoms with Gasteiger partial charge >= 0.3 is 23.5 Å². The molecule has 1 fully saturated rings. The fourth-order valence-electron chi connectivity index (χ4n) is 3.06. The summed E-state index contributed by atoms with van der Waals surface area (Å²) in [5.74, 6) is 2.12. The second kappa shape index (κ2) is 11.2. The van der Waals surface area contributed by atoms with Crippen molar-refractivity contribution in [2.75, 3.05) is 33.2 Å². The third-order valence-electron chi connectivity index (χ3n) is 4.58. The molecule has 200 valence electrons. The van der Waals surface area contributed by atoms with Gasteiger partial charge in [-0.1, -0.05) is 5.92 Å². The summed E-state index contributed by atoms with van der Waals surface area (Å²) in [5.41, 5.74) is 5.14. The van der Waals surface area contributed by atoms with Crippen LogP contribution in [0.1, 0.15) is 12.6 Å². The number of phosphoric ester groups is 2. The molecule has 0 bridgehead atoms. The van der Waals surface area contributed by atoms with Gasteiger partial charge in [0.05, 0.1) is 19.0 Å². The van der Waals surface area contributed by atoms with Gasteiger partial charge in [0.25, 0.3) is 5.56 Å². The van der Waals surface area contributed by atoms with Crippen molar-refractivity contribution in [1.82, 2.24) is 19.5 Å². The molecule has 1 aliphatic rings. The van der Waals surface area contributed by atoms with Gasteiger partial charge in [0.1, 0.15) is 18.9 Å². The molecule has 36 heavy (non-hydrogen) atoms. The molecular formula is C15H22N5O13P3. The van der Waals surface area contributed by atoms with Crippen LogP contribution in [0.15, 0.2) is 11.1 Å². The molecule has 0 saturated carbocycles. The van der Waals surface area contributed by atoms with E-state index in [0.29, 0.717) is 0 Å². The molecule has 0 amide bonds. The monoisotopic (exact) mass is 573 g/mol. The van der Waals surface area contributed by atoms with Crippen LogP contribution in [-0.4, -0.2) is 68.9 Å². The predicted molar refractivity (Wildman–Crippen MR) is 119 cm³/mol. The lowest BCUT2D eigenvalue weighted by Crippen LogP contribution is -2.29. The van der Waals surface area contributed by atoms with E-state index in [9.17, 15) is 28.3 Å². The number of aromatic amines is 1. The summed E-state index contributed by atoms with van der Waals surface area (Å²) in [4.78, 5) is 41.7. The van der Waals surface area contributed by atoms with Gasteiger partial charge in [0.15, 0.2) is 11.2 Å². The predicted octanol–water partition coefficient (Wildman–Crippen LogP) is 0.659. The SMILES string of the molecule is C#CCO[C@@H]1C[C@H](n2cnc3c(=O)[nH]c(N)nc32)O[C@@H]1COP(=O)(O)OP(=O)(OC)OP(=O)(O)OC. The Labute approximate surface area is 202 Å². The van der Waals surface area contributed by atoms with Crippen LogP contribution in [0.3, 0.4) is 0 Å². The molecule has 3 heterocycles. The Kier molecular flexibility index (Phi) is 8.90. The number of terminal acetylenes is 1. The fourth-order valence-corrected chi connectivity index (χ4v) is 6.80. The zero-order chi connectivity index (χ0) is 26.7. The van der Waals surface area contributed by atoms with E-state index in [2.05, 4.69) is 38.5 Å². The standard InChI is InChI=1S/C15H22N5O13P3/c1-4-5-29-9-6-11(20-8-17-12-13(20)18-15(16)19-14(12)21)31-10(9)7-30-35(24,25)33-36(26,28-3)32-34(22,23)27-2/h1,8-11H,5-7H2,2-3H3,(H,22,23)(H,24,25)(H3,16,18,19,21)/t9-,10-,11-,36?/m1/s1. The van der Waals surface area contributed by atoms with Crippen LogP contribution in [0.25, 0.3) is 11.2 Å². The number of hydrogen-bond acceptors (Lipinski definition) is 14. The molecule has 0 aliphatic carbocycles. The fraction of sp³-hybridized carbons (Fsp3) is 0.533. The zero-order valence-corrected chi connectivity index (χ0v) is 21.3. The highest BCUT2D eigenvalue weighted by atomic mass is 31.3. The van der Waals surface area contributed by atoms with Crippen LogP contribution in [0, 0.1) is 12.3 Å². The first-order chi connectivity index (χ1) is 16.8. The van der Waals surface area contributed by atoms with Crippen molar-refractivity contribution in [2.24, 2.45) is 0 Å². The van der Waals surface area contributed by atoms with Crippen molar-refractivity contribution in [3.8, 4) is 12.3 Å². The lowest BCUT2D eigenvalue weighted by atomic mass is 10.2. The number of ether oxygens (including phenoxy) is 2. The normalized spacial score (nSPS) is 25.1. The number of rotatable bonds is 12. The second-order valence-corrected chi connectivity index (χ2v) is 12.0. The van der Waals surface area contributed by atoms with Gasteiger partial charge < -0.3 is 25.0 Å². The molecule has 5 N–H and O–H groups in total. The van der Waals surface area contributed by atoms with Crippen LogP contribution in [0.5, 0.6) is 0 Å². The van der Waals surface area contributed by atoms with Crippen LogP contribution in [0.2, 0.25) is 0 Å². The highest BCUT2D eigenvalue weighted by Crippen LogP contribution is 2.69. The molecule has 2 aromatic rings. The van der Waals surface area contributed by atoms with E-state index < -0.39 is 54.1 Å². The molecule has 0 radical (unpaired) electrons. The number of nitrogens with zero attached hydrogens (tertiary/aromatic N) is 3. The van der Waals surface area contributed by atoms with E-state index in [4.69, 9.17) is 26.2 Å². The quantitative estimate of drug-likeness (QED) is 0.201. The van der Waals surface area contributed by atoms with Crippen LogP contribution >= 0.6 is 23.5 Å². The largest absolute Gasteiger partial charge is 0.492 e. The van der Waals surface area contributed by atoms with Crippen LogP contribution in [-0.2, 0) is 45.4 Å². The molecule has 1 saturated heterocycles. The van der Waals surface area contributed by atoms with E-state index in [1.54, 1.807) is 0 Å². The van der Waals surface area contributed by atoms with E-state index in [-0.39, 0.29) is 30.1 Å². The number of phosphoric acid groups is 3. The number of imidazole rings is 1. The summed E-state index contributed by atoms with van der Waals surface area (Å²) < 4.78 is 70.8. The smallest absolute Gasteiger partial charge is 0.369 e. The lowest BCUT2D eigenvalue weighted by Gasteiger charge is -2.22. The topological polar surface area (TPSA) is 246 Å². The molecular weight excluding hydrogens is 551 g/mol. The lowest BCUT2D eigenvalue weighted by molar-refractivity contribution is -0.0545. The number of anilines is 1. The van der Waals surface area contributed by atoms with Gasteiger partial charge in [-0.3, -0.25) is 27.9 Å². The summed E-state index contributed by atoms with van der Waals surface area (Å²) >= 11 is 0. The Morgan fingerprint density at radius 3 is 2.61 bits per heavy atom. The first kappa shape index (κ1) is 28.6. The Morgan fingerprint density at radius 2 is 1.97 bits per heavy atom. The maximum atomic E-state index is 12.4. The minimum Gasteiger partial charge on any atom is -0.369 e. The molecule has 21 heteroatoms. The van der Waals surface area contributed by atoms with Crippen molar-refractivity contribution in [1.29, 1.82) is 0 Å². The average molecular weight is 573 g/mol. The van der Waals surface area contributed by atoms with Crippen molar-refractivity contribution in [3.05, 3.63) is 16.7 Å². The minimum atomic E-state index is -5.23. The van der Waals surface area contributed by atoms with Gasteiger partial charge in [-0.15, -0.1) is 6.42 Å². The maximum absolute atomic E-state index is 12.4. The molecule has 1 aliphatic heterocycles. The molecule has 6 atom stereocenters. The van der Waals surface area contributed by atoms with Crippen molar-refractivity contribution in [3.63, 3.8) is 0 Å². The molecule has 2 aromatic heterocycles. The molecule has 3 unspecified atom stereocenters. The summed E-state index contributed by atoms with van der Waals surface area (Å²) in [6.45, 7) is -0.817. The maximum Gasteiger partial charge on any atom is 0.492 e. The molecule has 18 nitrogen and oxygen atoms in total. The van der Waals surface area contributed by atoms with E-state index in [1.807, 2.05) is 0 Å². The Balaban J connectivity index is 1.76. The number of H-pyrrole nitrogens is 1. The minimum absolute atomic E-state index is 0.00518. The van der Waals surface area contributed by atoms with E-state index in [1.165, 1.54) is 10.9 Å². The van der Waals surface area contributed by atoms with Crippen LogP contribution in [0.4, 0.5) is 5.95 Å². The Morgan fingerprint density at radius 1 is 1.28 bits per heavy atom. The number of nitrogens with two attached hydrogens (primary N) is 1. The first-order valence-electron chi connectivity index (χ1n) is 9.69. The number of nitrogen functional groups attached to an aromatic ring is 1. The molecule has 0 spiro atoms. The van der Waals surface area contributed by atoms with Gasteiger partial charge in [-0.05, 0) is 0 Å². The zero-order valence-electron chi connectivity index (χ0n) is 18.7. The van der Waals surface area contributed by atoms with Crippen LogP contribution < -0.4 is 11.3 Å². The highest BCUT2D eigenvalue weighted by Gasteiger charge is 2.45. The van der Waals surface area contributed by atoms with Gasteiger partial charge in [-0.2, -0.15) is 13.6 Å². The summed E-state index contributed by atoms with van der Waals surface area (Å²) in [7, 11) is -13.8. The summed E-state index contributed by atoms with van der Waals surface area (Å²) in [6.07, 6.45) is 3.96. The van der Waals surface area contributed by atoms with Gasteiger partial charge in [0, 0.05) is 20.6 Å². The third-order valence-corrected chi connectivity index (χ3v) is 9.22. The summed E-state index contributed by atoms with van der Waals surface area (Å²) in [5, 5.41) is 0. The third kappa shape index (κ3) is 6.87. The van der Waals surface area contributed by atoms with Crippen molar-refractivity contribution in [2.45, 2.75) is 24.9 Å². The van der Waals surface area contributed by atoms with Gasteiger partial charge in [0.2, 0.25) is 5.95 Å². The number of fused-ring (bicyclic) bond motifs is 1. The van der Waals surface area contributed by atoms with Crippen molar-refractivity contribution >= 4 is 40.6 Å².